The van der Waals surface area contributed by atoms with Crippen LogP contribution in [-0.2, 0) is 4.79 Å². The Morgan fingerprint density at radius 3 is 2.57 bits per heavy atom. The standard InChI is InChI=1S/C23H21N3O2S2/c1-14-6-5-7-15(2)22(14)26(16(3)27)23-24-17(13-29-23)8-11-21-25-19-10-9-18(28-4)12-20(19)30-21/h5-13H,1-4H3/b11-8+. The van der Waals surface area contributed by atoms with E-state index >= 15 is 0 Å². The average molecular weight is 436 g/mol. The molecular weight excluding hydrogens is 414 g/mol. The van der Waals surface area contributed by atoms with Crippen LogP contribution >= 0.6 is 22.7 Å². The predicted octanol–water partition coefficient (Wildman–Crippen LogP) is 6.23. The van der Waals surface area contributed by atoms with Gasteiger partial charge in [0.15, 0.2) is 5.13 Å². The van der Waals surface area contributed by atoms with Gasteiger partial charge in [-0.1, -0.05) is 18.2 Å². The zero-order valence-corrected chi connectivity index (χ0v) is 18.8. The molecule has 0 radical (unpaired) electrons. The van der Waals surface area contributed by atoms with Crippen molar-refractivity contribution in [2.45, 2.75) is 20.8 Å². The maximum absolute atomic E-state index is 12.4. The van der Waals surface area contributed by atoms with Crippen LogP contribution in [0.4, 0.5) is 10.8 Å². The average Bonchev–Trinajstić information content (AvgIpc) is 3.34. The Hall–Kier alpha value is -3.03. The van der Waals surface area contributed by atoms with Gasteiger partial charge in [-0.25, -0.2) is 9.97 Å². The number of aromatic nitrogens is 2. The van der Waals surface area contributed by atoms with Crippen molar-refractivity contribution in [1.82, 2.24) is 9.97 Å². The van der Waals surface area contributed by atoms with Crippen molar-refractivity contribution in [1.29, 1.82) is 0 Å². The van der Waals surface area contributed by atoms with Gasteiger partial charge in [-0.2, -0.15) is 0 Å². The molecule has 0 N–H and O–H groups in total. The summed E-state index contributed by atoms with van der Waals surface area (Å²) in [6.45, 7) is 5.59. The van der Waals surface area contributed by atoms with Gasteiger partial charge in [-0.05, 0) is 55.3 Å². The fourth-order valence-electron chi connectivity index (χ4n) is 3.28. The van der Waals surface area contributed by atoms with Gasteiger partial charge in [0.05, 0.1) is 28.7 Å². The van der Waals surface area contributed by atoms with Crippen molar-refractivity contribution < 1.29 is 9.53 Å². The van der Waals surface area contributed by atoms with E-state index < -0.39 is 0 Å². The molecule has 0 saturated heterocycles. The maximum atomic E-state index is 12.4. The SMILES string of the molecule is COc1ccc2nc(/C=C/c3csc(N(C(C)=O)c4c(C)cccc4C)n3)sc2c1. The number of hydrogen-bond acceptors (Lipinski definition) is 6. The molecule has 0 spiro atoms. The van der Waals surface area contributed by atoms with Crippen molar-refractivity contribution >= 4 is 61.8 Å². The summed E-state index contributed by atoms with van der Waals surface area (Å²) in [6.07, 6.45) is 3.88. The molecule has 0 unspecified atom stereocenters. The molecule has 0 bridgehead atoms. The zero-order chi connectivity index (χ0) is 21.3. The molecule has 0 atom stereocenters. The first-order valence-corrected chi connectivity index (χ1v) is 11.1. The van der Waals surface area contributed by atoms with Crippen LogP contribution in [0.2, 0.25) is 0 Å². The lowest BCUT2D eigenvalue weighted by Gasteiger charge is -2.22. The number of thiazole rings is 2. The molecule has 0 saturated carbocycles. The number of carbonyl (C=O) groups is 1. The summed E-state index contributed by atoms with van der Waals surface area (Å²) in [5.41, 5.74) is 4.72. The van der Waals surface area contributed by atoms with Crippen LogP contribution in [0.25, 0.3) is 22.4 Å². The third kappa shape index (κ3) is 3.99. The number of ether oxygens (including phenoxy) is 1. The second kappa shape index (κ2) is 8.38. The number of nitrogens with zero attached hydrogens (tertiary/aromatic N) is 3. The topological polar surface area (TPSA) is 55.3 Å². The molecule has 0 fully saturated rings. The summed E-state index contributed by atoms with van der Waals surface area (Å²) in [7, 11) is 1.66. The number of rotatable bonds is 5. The third-order valence-corrected chi connectivity index (χ3v) is 6.52. The molecule has 0 aliphatic heterocycles. The summed E-state index contributed by atoms with van der Waals surface area (Å²) >= 11 is 3.05. The van der Waals surface area contributed by atoms with Crippen molar-refractivity contribution in [2.75, 3.05) is 12.0 Å². The number of fused-ring (bicyclic) bond motifs is 1. The number of benzene rings is 2. The van der Waals surface area contributed by atoms with Crippen molar-refractivity contribution in [3.63, 3.8) is 0 Å². The summed E-state index contributed by atoms with van der Waals surface area (Å²) in [5, 5.41) is 3.51. The molecule has 4 aromatic rings. The summed E-state index contributed by atoms with van der Waals surface area (Å²) in [4.78, 5) is 23.4. The minimum atomic E-state index is -0.0580. The Labute approximate surface area is 183 Å². The van der Waals surface area contributed by atoms with Gasteiger partial charge < -0.3 is 4.74 Å². The van der Waals surface area contributed by atoms with E-state index in [1.54, 1.807) is 30.3 Å². The monoisotopic (exact) mass is 435 g/mol. The lowest BCUT2D eigenvalue weighted by molar-refractivity contribution is -0.115. The Bertz CT molecular complexity index is 1240. The van der Waals surface area contributed by atoms with E-state index in [0.717, 1.165) is 43.5 Å². The quantitative estimate of drug-likeness (QED) is 0.373. The molecular formula is C23H21N3O2S2. The first-order chi connectivity index (χ1) is 14.5. The van der Waals surface area contributed by atoms with Crippen LogP contribution in [0.1, 0.15) is 28.8 Å². The van der Waals surface area contributed by atoms with Crippen LogP contribution in [0, 0.1) is 13.8 Å². The third-order valence-electron chi connectivity index (χ3n) is 4.69. The second-order valence-electron chi connectivity index (χ2n) is 6.87. The lowest BCUT2D eigenvalue weighted by Crippen LogP contribution is -2.24. The summed E-state index contributed by atoms with van der Waals surface area (Å²) in [6, 6.07) is 11.9. The molecule has 4 rings (SSSR count). The smallest absolute Gasteiger partial charge is 0.230 e. The highest BCUT2D eigenvalue weighted by Gasteiger charge is 2.21. The van der Waals surface area contributed by atoms with E-state index in [0.29, 0.717) is 5.13 Å². The van der Waals surface area contributed by atoms with E-state index in [2.05, 4.69) is 9.97 Å². The fraction of sp³-hybridized carbons (Fsp3) is 0.174. The Balaban J connectivity index is 1.62. The van der Waals surface area contributed by atoms with Gasteiger partial charge >= 0.3 is 0 Å². The number of anilines is 2. The van der Waals surface area contributed by atoms with Crippen molar-refractivity contribution in [3.05, 3.63) is 63.6 Å². The van der Waals surface area contributed by atoms with Crippen LogP contribution in [0.3, 0.4) is 0 Å². The molecule has 2 heterocycles. The van der Waals surface area contributed by atoms with E-state index in [-0.39, 0.29) is 5.91 Å². The van der Waals surface area contributed by atoms with E-state index in [1.165, 1.54) is 11.3 Å². The van der Waals surface area contributed by atoms with Gasteiger partial charge in [-0.3, -0.25) is 9.69 Å². The first-order valence-electron chi connectivity index (χ1n) is 9.41. The molecule has 2 aromatic carbocycles. The number of aryl methyl sites for hydroxylation is 2. The number of carbonyl (C=O) groups excluding carboxylic acids is 1. The highest BCUT2D eigenvalue weighted by molar-refractivity contribution is 7.19. The Morgan fingerprint density at radius 2 is 1.87 bits per heavy atom. The van der Waals surface area contributed by atoms with E-state index in [4.69, 9.17) is 4.74 Å². The van der Waals surface area contributed by atoms with Crippen LogP contribution < -0.4 is 9.64 Å². The van der Waals surface area contributed by atoms with Gasteiger partial charge in [-0.15, -0.1) is 22.7 Å². The molecule has 5 nitrogen and oxygen atoms in total. The van der Waals surface area contributed by atoms with E-state index in [9.17, 15) is 4.79 Å². The van der Waals surface area contributed by atoms with Crippen LogP contribution in [-0.4, -0.2) is 23.0 Å². The van der Waals surface area contributed by atoms with Gasteiger partial charge in [0.2, 0.25) is 5.91 Å². The number of hydrogen-bond donors (Lipinski definition) is 0. The fourth-order valence-corrected chi connectivity index (χ4v) is 5.02. The van der Waals surface area contributed by atoms with Crippen LogP contribution in [0.5, 0.6) is 5.75 Å². The Kier molecular flexibility index (Phi) is 5.65. The molecule has 2 aromatic heterocycles. The summed E-state index contributed by atoms with van der Waals surface area (Å²) < 4.78 is 6.35. The largest absolute Gasteiger partial charge is 0.497 e. The first kappa shape index (κ1) is 20.3. The van der Waals surface area contributed by atoms with E-state index in [1.807, 2.05) is 67.8 Å². The summed E-state index contributed by atoms with van der Waals surface area (Å²) in [5.74, 6) is 0.763. The Morgan fingerprint density at radius 1 is 1.10 bits per heavy atom. The highest BCUT2D eigenvalue weighted by Crippen LogP contribution is 2.34. The van der Waals surface area contributed by atoms with Gasteiger partial charge in [0, 0.05) is 12.3 Å². The molecule has 152 valence electrons. The molecule has 0 aliphatic rings. The highest BCUT2D eigenvalue weighted by atomic mass is 32.1. The lowest BCUT2D eigenvalue weighted by atomic mass is 10.1. The number of amides is 1. The minimum Gasteiger partial charge on any atom is -0.497 e. The molecule has 30 heavy (non-hydrogen) atoms. The van der Waals surface area contributed by atoms with Gasteiger partial charge in [0.25, 0.3) is 0 Å². The molecule has 1 amide bonds. The normalized spacial score (nSPS) is 11.3. The number of para-hydroxylation sites is 1. The second-order valence-corrected chi connectivity index (χ2v) is 8.77. The maximum Gasteiger partial charge on any atom is 0.230 e. The van der Waals surface area contributed by atoms with Crippen molar-refractivity contribution in [2.24, 2.45) is 0 Å². The predicted molar refractivity (Wildman–Crippen MR) is 126 cm³/mol. The molecule has 0 aliphatic carbocycles. The molecule has 7 heteroatoms. The number of methoxy groups -OCH3 is 1. The zero-order valence-electron chi connectivity index (χ0n) is 17.2. The van der Waals surface area contributed by atoms with Crippen LogP contribution in [0.15, 0.2) is 41.8 Å². The van der Waals surface area contributed by atoms with Gasteiger partial charge in [0.1, 0.15) is 10.8 Å². The minimum absolute atomic E-state index is 0.0580. The van der Waals surface area contributed by atoms with Crippen molar-refractivity contribution in [3.8, 4) is 5.75 Å².